The second-order valence-corrected chi connectivity index (χ2v) is 4.48. The number of methoxy groups -OCH3 is 2. The molecule has 0 bridgehead atoms. The molecule has 1 aromatic carbocycles. The van der Waals surface area contributed by atoms with E-state index < -0.39 is 5.97 Å². The van der Waals surface area contributed by atoms with Crippen LogP contribution in [0.5, 0.6) is 11.5 Å². The lowest BCUT2D eigenvalue weighted by molar-refractivity contribution is -0.139. The third-order valence-corrected chi connectivity index (χ3v) is 2.87. The summed E-state index contributed by atoms with van der Waals surface area (Å²) < 4.78 is 20.3. The molecule has 0 radical (unpaired) electrons. The second-order valence-electron chi connectivity index (χ2n) is 4.48. The van der Waals surface area contributed by atoms with Gasteiger partial charge in [0.25, 0.3) is 0 Å². The van der Waals surface area contributed by atoms with Crippen molar-refractivity contribution in [2.45, 2.75) is 13.5 Å². The van der Waals surface area contributed by atoms with Crippen LogP contribution in [0, 0.1) is 6.92 Å². The SMILES string of the molecule is COc1ccc(OC)c(/C=C/C(=O)OCc2cc(C)on2)c1. The molecule has 0 atom stereocenters. The predicted octanol–water partition coefficient (Wildman–Crippen LogP) is 2.76. The summed E-state index contributed by atoms with van der Waals surface area (Å²) in [6.07, 6.45) is 2.93. The van der Waals surface area contributed by atoms with Crippen molar-refractivity contribution in [2.24, 2.45) is 0 Å². The summed E-state index contributed by atoms with van der Waals surface area (Å²) in [6.45, 7) is 1.84. The van der Waals surface area contributed by atoms with Crippen LogP contribution in [0.2, 0.25) is 0 Å². The zero-order chi connectivity index (χ0) is 15.9. The fraction of sp³-hybridized carbons (Fsp3) is 0.250. The molecule has 0 fully saturated rings. The number of rotatable bonds is 6. The smallest absolute Gasteiger partial charge is 0.331 e. The highest BCUT2D eigenvalue weighted by molar-refractivity contribution is 5.87. The molecule has 22 heavy (non-hydrogen) atoms. The lowest BCUT2D eigenvalue weighted by Crippen LogP contribution is -2.01. The Morgan fingerprint density at radius 1 is 1.27 bits per heavy atom. The minimum absolute atomic E-state index is 0.0652. The van der Waals surface area contributed by atoms with Gasteiger partial charge in [0, 0.05) is 17.7 Å². The molecule has 0 amide bonds. The number of hydrogen-bond acceptors (Lipinski definition) is 6. The average molecular weight is 303 g/mol. The third-order valence-electron chi connectivity index (χ3n) is 2.87. The summed E-state index contributed by atoms with van der Waals surface area (Å²) in [6, 6.07) is 7.02. The molecule has 2 rings (SSSR count). The van der Waals surface area contributed by atoms with Crippen LogP contribution in [0.15, 0.2) is 34.9 Å². The molecule has 0 saturated heterocycles. The molecule has 0 aliphatic heterocycles. The molecule has 0 N–H and O–H groups in total. The topological polar surface area (TPSA) is 70.8 Å². The first-order valence-electron chi connectivity index (χ1n) is 6.61. The Kier molecular flexibility index (Phi) is 5.19. The maximum atomic E-state index is 11.7. The summed E-state index contributed by atoms with van der Waals surface area (Å²) in [4.78, 5) is 11.7. The Labute approximate surface area is 128 Å². The fourth-order valence-corrected chi connectivity index (χ4v) is 1.81. The van der Waals surface area contributed by atoms with E-state index in [1.807, 2.05) is 0 Å². The van der Waals surface area contributed by atoms with Gasteiger partial charge in [-0.25, -0.2) is 4.79 Å². The van der Waals surface area contributed by atoms with Gasteiger partial charge in [-0.05, 0) is 31.2 Å². The fourth-order valence-electron chi connectivity index (χ4n) is 1.81. The highest BCUT2D eigenvalue weighted by atomic mass is 16.5. The molecule has 0 saturated carbocycles. The molecule has 2 aromatic rings. The quantitative estimate of drug-likeness (QED) is 0.603. The van der Waals surface area contributed by atoms with Crippen LogP contribution < -0.4 is 9.47 Å². The van der Waals surface area contributed by atoms with E-state index in [2.05, 4.69) is 5.16 Å². The number of nitrogens with zero attached hydrogens (tertiary/aromatic N) is 1. The van der Waals surface area contributed by atoms with E-state index in [1.54, 1.807) is 51.5 Å². The Bertz CT molecular complexity index is 675. The minimum Gasteiger partial charge on any atom is -0.497 e. The van der Waals surface area contributed by atoms with Crippen LogP contribution in [-0.4, -0.2) is 25.3 Å². The van der Waals surface area contributed by atoms with Crippen molar-refractivity contribution < 1.29 is 23.5 Å². The van der Waals surface area contributed by atoms with E-state index in [1.165, 1.54) is 6.08 Å². The van der Waals surface area contributed by atoms with Crippen molar-refractivity contribution in [1.82, 2.24) is 5.16 Å². The van der Waals surface area contributed by atoms with E-state index in [4.69, 9.17) is 18.7 Å². The van der Waals surface area contributed by atoms with Crippen molar-refractivity contribution in [1.29, 1.82) is 0 Å². The van der Waals surface area contributed by atoms with Crippen LogP contribution >= 0.6 is 0 Å². The van der Waals surface area contributed by atoms with E-state index in [0.29, 0.717) is 23.0 Å². The normalized spacial score (nSPS) is 10.7. The first kappa shape index (κ1) is 15.6. The molecule has 0 spiro atoms. The predicted molar refractivity (Wildman–Crippen MR) is 79.6 cm³/mol. The molecule has 1 heterocycles. The number of aromatic nitrogens is 1. The molecule has 0 aliphatic carbocycles. The molecule has 0 aliphatic rings. The van der Waals surface area contributed by atoms with Crippen molar-refractivity contribution in [3.05, 3.63) is 47.4 Å². The lowest BCUT2D eigenvalue weighted by Gasteiger charge is -2.07. The number of carbonyl (C=O) groups excluding carboxylic acids is 1. The summed E-state index contributed by atoms with van der Waals surface area (Å²) in [7, 11) is 3.13. The Morgan fingerprint density at radius 3 is 2.73 bits per heavy atom. The van der Waals surface area contributed by atoms with Crippen molar-refractivity contribution >= 4 is 12.0 Å². The summed E-state index contributed by atoms with van der Waals surface area (Å²) >= 11 is 0. The van der Waals surface area contributed by atoms with Crippen LogP contribution in [0.1, 0.15) is 17.0 Å². The monoisotopic (exact) mass is 303 g/mol. The van der Waals surface area contributed by atoms with E-state index in [-0.39, 0.29) is 6.61 Å². The summed E-state index contributed by atoms with van der Waals surface area (Å²) in [5.74, 6) is 1.50. The van der Waals surface area contributed by atoms with E-state index in [0.717, 1.165) is 5.56 Å². The van der Waals surface area contributed by atoms with Crippen LogP contribution in [-0.2, 0) is 16.1 Å². The van der Waals surface area contributed by atoms with E-state index >= 15 is 0 Å². The molecule has 1 aromatic heterocycles. The Balaban J connectivity index is 1.99. The number of aryl methyl sites for hydroxylation is 1. The van der Waals surface area contributed by atoms with Gasteiger partial charge in [0.1, 0.15) is 29.6 Å². The molecular weight excluding hydrogens is 286 g/mol. The highest BCUT2D eigenvalue weighted by Crippen LogP contribution is 2.25. The lowest BCUT2D eigenvalue weighted by atomic mass is 10.1. The minimum atomic E-state index is -0.481. The Morgan fingerprint density at radius 2 is 2.09 bits per heavy atom. The van der Waals surface area contributed by atoms with Gasteiger partial charge in [-0.1, -0.05) is 5.16 Å². The largest absolute Gasteiger partial charge is 0.497 e. The third kappa shape index (κ3) is 4.12. The Hall–Kier alpha value is -2.76. The maximum absolute atomic E-state index is 11.7. The van der Waals surface area contributed by atoms with E-state index in [9.17, 15) is 4.79 Å². The molecule has 6 nitrogen and oxygen atoms in total. The first-order valence-corrected chi connectivity index (χ1v) is 6.61. The zero-order valence-electron chi connectivity index (χ0n) is 12.7. The standard InChI is InChI=1S/C16H17NO5/c1-11-8-13(17-22-11)10-21-16(18)7-4-12-9-14(19-2)5-6-15(12)20-3/h4-9H,10H2,1-3H3/b7-4+. The van der Waals surface area contributed by atoms with Gasteiger partial charge in [-0.2, -0.15) is 0 Å². The van der Waals surface area contributed by atoms with Gasteiger partial charge in [0.05, 0.1) is 14.2 Å². The molecule has 6 heteroatoms. The van der Waals surface area contributed by atoms with Crippen molar-refractivity contribution in [3.63, 3.8) is 0 Å². The maximum Gasteiger partial charge on any atom is 0.331 e. The van der Waals surface area contributed by atoms with Gasteiger partial charge in [0.15, 0.2) is 0 Å². The van der Waals surface area contributed by atoms with Crippen molar-refractivity contribution in [3.8, 4) is 11.5 Å². The molecule has 116 valence electrons. The molecule has 0 unspecified atom stereocenters. The van der Waals surface area contributed by atoms with Crippen LogP contribution in [0.25, 0.3) is 6.08 Å². The van der Waals surface area contributed by atoms with Gasteiger partial charge in [-0.15, -0.1) is 0 Å². The second kappa shape index (κ2) is 7.31. The highest BCUT2D eigenvalue weighted by Gasteiger charge is 2.05. The molecular formula is C16H17NO5. The van der Waals surface area contributed by atoms with Crippen LogP contribution in [0.3, 0.4) is 0 Å². The number of carbonyl (C=O) groups is 1. The number of benzene rings is 1. The average Bonchev–Trinajstić information content (AvgIpc) is 2.96. The van der Waals surface area contributed by atoms with Crippen molar-refractivity contribution in [2.75, 3.05) is 14.2 Å². The number of ether oxygens (including phenoxy) is 3. The zero-order valence-corrected chi connectivity index (χ0v) is 12.7. The van der Waals surface area contributed by atoms with Crippen LogP contribution in [0.4, 0.5) is 0 Å². The van der Waals surface area contributed by atoms with Gasteiger partial charge >= 0.3 is 5.97 Å². The number of esters is 1. The van der Waals surface area contributed by atoms with Gasteiger partial charge in [-0.3, -0.25) is 0 Å². The van der Waals surface area contributed by atoms with Gasteiger partial charge in [0.2, 0.25) is 0 Å². The summed E-state index contributed by atoms with van der Waals surface area (Å²) in [5.41, 5.74) is 1.29. The first-order chi connectivity index (χ1) is 10.6. The number of hydrogen-bond donors (Lipinski definition) is 0. The van der Waals surface area contributed by atoms with Gasteiger partial charge < -0.3 is 18.7 Å². The summed E-state index contributed by atoms with van der Waals surface area (Å²) in [5, 5.41) is 3.74.